The second kappa shape index (κ2) is 18.5. The van der Waals surface area contributed by atoms with E-state index in [0.29, 0.717) is 6.79 Å². The standard InChI is InChI=1S/C18H36O4/c1-4-5-6-7-9-12-15-21-17-22-16-13-10-8-11-14-18(19-2)20-3/h13,16,18H,4-12,14-15,17H2,1-3H3. The molecule has 0 radical (unpaired) electrons. The van der Waals surface area contributed by atoms with E-state index in [1.54, 1.807) is 20.5 Å². The minimum Gasteiger partial charge on any atom is -0.475 e. The average molecular weight is 316 g/mol. The fourth-order valence-electron chi connectivity index (χ4n) is 2.17. The molecule has 0 atom stereocenters. The van der Waals surface area contributed by atoms with Gasteiger partial charge < -0.3 is 18.9 Å². The van der Waals surface area contributed by atoms with Gasteiger partial charge in [0.1, 0.15) is 0 Å². The Morgan fingerprint density at radius 3 is 2.32 bits per heavy atom. The number of unbranched alkanes of at least 4 members (excludes halogenated alkanes) is 7. The highest BCUT2D eigenvalue weighted by molar-refractivity contribution is 4.72. The van der Waals surface area contributed by atoms with Crippen LogP contribution < -0.4 is 0 Å². The molecule has 0 rings (SSSR count). The monoisotopic (exact) mass is 316 g/mol. The Morgan fingerprint density at radius 1 is 0.864 bits per heavy atom. The molecule has 0 fully saturated rings. The first-order valence-corrected chi connectivity index (χ1v) is 8.75. The lowest BCUT2D eigenvalue weighted by Crippen LogP contribution is -2.12. The highest BCUT2D eigenvalue weighted by Gasteiger charge is 2.02. The van der Waals surface area contributed by atoms with Crippen LogP contribution in [-0.4, -0.2) is 33.9 Å². The van der Waals surface area contributed by atoms with Gasteiger partial charge in [-0.15, -0.1) is 0 Å². The van der Waals surface area contributed by atoms with Crippen LogP contribution in [0.1, 0.15) is 71.1 Å². The van der Waals surface area contributed by atoms with Gasteiger partial charge in [-0.05, 0) is 38.2 Å². The van der Waals surface area contributed by atoms with Crippen LogP contribution in [0.15, 0.2) is 12.3 Å². The van der Waals surface area contributed by atoms with Gasteiger partial charge in [0.15, 0.2) is 13.1 Å². The molecule has 22 heavy (non-hydrogen) atoms. The fraction of sp³-hybridized carbons (Fsp3) is 0.889. The molecule has 132 valence electrons. The van der Waals surface area contributed by atoms with Crippen molar-refractivity contribution in [3.05, 3.63) is 12.3 Å². The summed E-state index contributed by atoms with van der Waals surface area (Å²) in [5.74, 6) is 0. The second-order valence-corrected chi connectivity index (χ2v) is 5.52. The SMILES string of the molecule is CCCCCCCCOCOC=CCCCCC(OC)OC. The minimum atomic E-state index is -0.0735. The van der Waals surface area contributed by atoms with E-state index < -0.39 is 0 Å². The molecule has 0 aromatic heterocycles. The van der Waals surface area contributed by atoms with Gasteiger partial charge in [0.05, 0.1) is 12.9 Å². The van der Waals surface area contributed by atoms with Gasteiger partial charge >= 0.3 is 0 Å². The van der Waals surface area contributed by atoms with Gasteiger partial charge in [-0.1, -0.05) is 39.0 Å². The Hall–Kier alpha value is -0.580. The molecular weight excluding hydrogens is 280 g/mol. The van der Waals surface area contributed by atoms with E-state index >= 15 is 0 Å². The lowest BCUT2D eigenvalue weighted by Gasteiger charge is -2.12. The molecule has 0 unspecified atom stereocenters. The first-order chi connectivity index (χ1) is 10.8. The topological polar surface area (TPSA) is 36.9 Å². The zero-order chi connectivity index (χ0) is 16.3. The van der Waals surface area contributed by atoms with E-state index in [0.717, 1.165) is 38.7 Å². The summed E-state index contributed by atoms with van der Waals surface area (Å²) >= 11 is 0. The first kappa shape index (κ1) is 21.4. The number of rotatable bonds is 17. The van der Waals surface area contributed by atoms with E-state index in [9.17, 15) is 0 Å². The van der Waals surface area contributed by atoms with Gasteiger partial charge in [0, 0.05) is 14.2 Å². The van der Waals surface area contributed by atoms with Crippen molar-refractivity contribution in [2.75, 3.05) is 27.6 Å². The lowest BCUT2D eigenvalue weighted by molar-refractivity contribution is -0.107. The molecule has 0 bridgehead atoms. The van der Waals surface area contributed by atoms with E-state index in [-0.39, 0.29) is 6.29 Å². The smallest absolute Gasteiger partial charge is 0.188 e. The molecule has 0 aliphatic carbocycles. The number of allylic oxidation sites excluding steroid dienone is 1. The molecule has 0 saturated carbocycles. The van der Waals surface area contributed by atoms with Crippen LogP contribution in [-0.2, 0) is 18.9 Å². The predicted octanol–water partition coefficient (Wildman–Crippen LogP) is 5.03. The summed E-state index contributed by atoms with van der Waals surface area (Å²) in [6, 6.07) is 0. The average Bonchev–Trinajstić information content (AvgIpc) is 2.55. The maximum atomic E-state index is 5.42. The summed E-state index contributed by atoms with van der Waals surface area (Å²) in [5.41, 5.74) is 0. The van der Waals surface area contributed by atoms with E-state index in [2.05, 4.69) is 6.92 Å². The van der Waals surface area contributed by atoms with Gasteiger partial charge in [-0.2, -0.15) is 0 Å². The molecule has 0 amide bonds. The highest BCUT2D eigenvalue weighted by Crippen LogP contribution is 2.07. The van der Waals surface area contributed by atoms with Crippen LogP contribution in [0.25, 0.3) is 0 Å². The molecule has 0 aliphatic rings. The van der Waals surface area contributed by atoms with Gasteiger partial charge in [0.2, 0.25) is 0 Å². The third-order valence-electron chi connectivity index (χ3n) is 3.57. The first-order valence-electron chi connectivity index (χ1n) is 8.75. The largest absolute Gasteiger partial charge is 0.475 e. The molecule has 0 spiro atoms. The maximum absolute atomic E-state index is 5.42. The second-order valence-electron chi connectivity index (χ2n) is 5.52. The van der Waals surface area contributed by atoms with Crippen LogP contribution in [0, 0.1) is 0 Å². The molecule has 0 heterocycles. The van der Waals surface area contributed by atoms with Crippen LogP contribution in [0.2, 0.25) is 0 Å². The molecule has 0 aromatic carbocycles. The lowest BCUT2D eigenvalue weighted by atomic mass is 10.1. The maximum Gasteiger partial charge on any atom is 0.188 e. The van der Waals surface area contributed by atoms with Crippen LogP contribution in [0.5, 0.6) is 0 Å². The van der Waals surface area contributed by atoms with Crippen molar-refractivity contribution in [3.8, 4) is 0 Å². The highest BCUT2D eigenvalue weighted by atomic mass is 16.7. The molecule has 4 heteroatoms. The fourth-order valence-corrected chi connectivity index (χ4v) is 2.17. The third-order valence-corrected chi connectivity index (χ3v) is 3.57. The Morgan fingerprint density at radius 2 is 1.59 bits per heavy atom. The predicted molar refractivity (Wildman–Crippen MR) is 90.7 cm³/mol. The normalized spacial score (nSPS) is 11.6. The van der Waals surface area contributed by atoms with Crippen molar-refractivity contribution in [2.45, 2.75) is 77.4 Å². The summed E-state index contributed by atoms with van der Waals surface area (Å²) in [5, 5.41) is 0. The molecule has 0 aliphatic heterocycles. The van der Waals surface area contributed by atoms with Crippen LogP contribution in [0.4, 0.5) is 0 Å². The van der Waals surface area contributed by atoms with Gasteiger partial charge in [0.25, 0.3) is 0 Å². The minimum absolute atomic E-state index is 0.0735. The number of hydrogen-bond donors (Lipinski definition) is 0. The number of methoxy groups -OCH3 is 2. The van der Waals surface area contributed by atoms with Crippen molar-refractivity contribution in [2.24, 2.45) is 0 Å². The zero-order valence-corrected chi connectivity index (χ0v) is 14.9. The van der Waals surface area contributed by atoms with Crippen molar-refractivity contribution in [1.82, 2.24) is 0 Å². The Labute approximate surface area is 137 Å². The van der Waals surface area contributed by atoms with Gasteiger partial charge in [-0.25, -0.2) is 0 Å². The van der Waals surface area contributed by atoms with E-state index in [4.69, 9.17) is 18.9 Å². The van der Waals surface area contributed by atoms with Gasteiger partial charge in [-0.3, -0.25) is 0 Å². The van der Waals surface area contributed by atoms with Crippen molar-refractivity contribution in [3.63, 3.8) is 0 Å². The molecular formula is C18H36O4. The molecule has 0 saturated heterocycles. The Kier molecular flexibility index (Phi) is 18.0. The number of ether oxygens (including phenoxy) is 4. The van der Waals surface area contributed by atoms with Crippen LogP contribution >= 0.6 is 0 Å². The summed E-state index contributed by atoms with van der Waals surface area (Å²) in [6.45, 7) is 3.40. The summed E-state index contributed by atoms with van der Waals surface area (Å²) in [4.78, 5) is 0. The van der Waals surface area contributed by atoms with Crippen molar-refractivity contribution in [1.29, 1.82) is 0 Å². The molecule has 4 nitrogen and oxygen atoms in total. The summed E-state index contributed by atoms with van der Waals surface area (Å²) in [6.07, 6.45) is 15.6. The van der Waals surface area contributed by atoms with E-state index in [1.807, 2.05) is 6.08 Å². The molecule has 0 N–H and O–H groups in total. The number of hydrogen-bond acceptors (Lipinski definition) is 4. The summed E-state index contributed by atoms with van der Waals surface area (Å²) in [7, 11) is 3.35. The Balaban J connectivity index is 3.14. The van der Waals surface area contributed by atoms with Crippen molar-refractivity contribution < 1.29 is 18.9 Å². The summed E-state index contributed by atoms with van der Waals surface area (Å²) < 4.78 is 21.0. The third kappa shape index (κ3) is 15.8. The molecule has 0 aromatic rings. The van der Waals surface area contributed by atoms with Crippen LogP contribution in [0.3, 0.4) is 0 Å². The van der Waals surface area contributed by atoms with E-state index in [1.165, 1.54) is 32.1 Å². The zero-order valence-electron chi connectivity index (χ0n) is 14.9. The van der Waals surface area contributed by atoms with Crippen molar-refractivity contribution >= 4 is 0 Å². The quantitative estimate of drug-likeness (QED) is 0.214. The Bertz CT molecular complexity index is 227.